The molecule has 0 unspecified atom stereocenters. The lowest BCUT2D eigenvalue weighted by Crippen LogP contribution is -1.97. The highest BCUT2D eigenvalue weighted by atomic mass is 16.5. The number of hydrogen-bond donors (Lipinski definition) is 0. The van der Waals surface area contributed by atoms with Gasteiger partial charge in [-0.3, -0.25) is 0 Å². The molecule has 0 bridgehead atoms. The Morgan fingerprint density at radius 2 is 1.50 bits per heavy atom. The van der Waals surface area contributed by atoms with Gasteiger partial charge in [-0.05, 0) is 29.3 Å². The van der Waals surface area contributed by atoms with Crippen molar-refractivity contribution in [3.8, 4) is 29.2 Å². The van der Waals surface area contributed by atoms with E-state index in [-0.39, 0.29) is 0 Å². The second kappa shape index (κ2) is 6.65. The van der Waals surface area contributed by atoms with E-state index in [2.05, 4.69) is 18.1 Å². The Kier molecular flexibility index (Phi) is 4.22. The molecule has 0 spiro atoms. The summed E-state index contributed by atoms with van der Waals surface area (Å²) >= 11 is 0. The van der Waals surface area contributed by atoms with Crippen molar-refractivity contribution < 1.29 is 4.74 Å². The molecule has 0 aliphatic heterocycles. The van der Waals surface area contributed by atoms with Crippen molar-refractivity contribution in [3.63, 3.8) is 0 Å². The molecule has 22 heavy (non-hydrogen) atoms. The predicted molar refractivity (Wildman–Crippen MR) is 90.6 cm³/mol. The number of benzene rings is 3. The number of rotatable bonds is 4. The topological polar surface area (TPSA) is 9.23 Å². The fraction of sp³-hybridized carbons (Fsp3) is 0.0476. The van der Waals surface area contributed by atoms with Crippen molar-refractivity contribution in [1.82, 2.24) is 0 Å². The highest BCUT2D eigenvalue weighted by Crippen LogP contribution is 2.31. The molecule has 0 heterocycles. The highest BCUT2D eigenvalue weighted by molar-refractivity contribution is 5.71. The first-order chi connectivity index (χ1) is 10.9. The van der Waals surface area contributed by atoms with E-state index in [1.54, 1.807) is 0 Å². The predicted octanol–water partition coefficient (Wildman–Crippen LogP) is 4.91. The summed E-state index contributed by atoms with van der Waals surface area (Å²) in [5.74, 6) is 3.47. The Hall–Kier alpha value is -2.98. The van der Waals surface area contributed by atoms with Crippen LogP contribution in [0.25, 0.3) is 11.1 Å². The first kappa shape index (κ1) is 14.0. The molecule has 0 N–H and O–H groups in total. The molecule has 0 saturated heterocycles. The van der Waals surface area contributed by atoms with Gasteiger partial charge in [0.05, 0.1) is 0 Å². The minimum atomic E-state index is 0.523. The minimum absolute atomic E-state index is 0.523. The molecule has 0 aromatic heterocycles. The lowest BCUT2D eigenvalue weighted by atomic mass is 10.0. The van der Waals surface area contributed by atoms with E-state index < -0.39 is 0 Å². The molecule has 0 aliphatic rings. The van der Waals surface area contributed by atoms with Crippen LogP contribution in [0.15, 0.2) is 78.9 Å². The summed E-state index contributed by atoms with van der Waals surface area (Å²) in [6.45, 7) is 0.523. The summed E-state index contributed by atoms with van der Waals surface area (Å²) in [5.41, 5.74) is 4.13. The maximum atomic E-state index is 6.02. The van der Waals surface area contributed by atoms with E-state index in [1.165, 1.54) is 0 Å². The monoisotopic (exact) mass is 284 g/mol. The third-order valence-electron chi connectivity index (χ3n) is 3.47. The molecule has 3 rings (SSSR count). The van der Waals surface area contributed by atoms with E-state index in [0.29, 0.717) is 6.61 Å². The molecule has 1 heteroatoms. The van der Waals surface area contributed by atoms with Crippen LogP contribution in [0.5, 0.6) is 5.75 Å². The number of terminal acetylenes is 1. The molecular weight excluding hydrogens is 268 g/mol. The molecule has 0 radical (unpaired) electrons. The zero-order chi connectivity index (χ0) is 15.2. The van der Waals surface area contributed by atoms with E-state index in [0.717, 1.165) is 28.0 Å². The third-order valence-corrected chi connectivity index (χ3v) is 3.47. The molecular formula is C21H16O. The van der Waals surface area contributed by atoms with Crippen LogP contribution >= 0.6 is 0 Å². The Balaban J connectivity index is 1.92. The molecule has 106 valence electrons. The van der Waals surface area contributed by atoms with Gasteiger partial charge in [-0.2, -0.15) is 0 Å². The Morgan fingerprint density at radius 3 is 2.18 bits per heavy atom. The van der Waals surface area contributed by atoms with Gasteiger partial charge in [0.1, 0.15) is 12.4 Å². The van der Waals surface area contributed by atoms with Crippen LogP contribution in [0.2, 0.25) is 0 Å². The molecule has 0 amide bonds. The first-order valence-electron chi connectivity index (χ1n) is 7.19. The maximum absolute atomic E-state index is 6.02. The Labute approximate surface area is 131 Å². The summed E-state index contributed by atoms with van der Waals surface area (Å²) in [7, 11) is 0. The molecule has 0 saturated carbocycles. The summed E-state index contributed by atoms with van der Waals surface area (Å²) in [4.78, 5) is 0. The van der Waals surface area contributed by atoms with Crippen molar-refractivity contribution in [2.24, 2.45) is 0 Å². The molecule has 3 aromatic rings. The van der Waals surface area contributed by atoms with Crippen LogP contribution in [-0.4, -0.2) is 0 Å². The average Bonchev–Trinajstić information content (AvgIpc) is 2.61. The van der Waals surface area contributed by atoms with Gasteiger partial charge >= 0.3 is 0 Å². The van der Waals surface area contributed by atoms with Gasteiger partial charge in [-0.1, -0.05) is 66.6 Å². The zero-order valence-corrected chi connectivity index (χ0v) is 12.2. The van der Waals surface area contributed by atoms with Crippen LogP contribution in [0.1, 0.15) is 11.1 Å². The van der Waals surface area contributed by atoms with Gasteiger partial charge < -0.3 is 4.74 Å². The van der Waals surface area contributed by atoms with Gasteiger partial charge in [0.25, 0.3) is 0 Å². The molecule has 0 aliphatic carbocycles. The van der Waals surface area contributed by atoms with Crippen molar-refractivity contribution in [2.75, 3.05) is 0 Å². The standard InChI is InChI=1S/C21H16O/c1-2-17-13-14-20(19-11-7-4-8-12-19)21(15-17)22-16-18-9-5-3-6-10-18/h1,3-15H,16H2. The molecule has 1 nitrogen and oxygen atoms in total. The third kappa shape index (κ3) is 3.19. The summed E-state index contributed by atoms with van der Waals surface area (Å²) in [6, 6.07) is 26.2. The lowest BCUT2D eigenvalue weighted by Gasteiger charge is -2.12. The van der Waals surface area contributed by atoms with Crippen LogP contribution in [0, 0.1) is 12.3 Å². The second-order valence-electron chi connectivity index (χ2n) is 5.00. The largest absolute Gasteiger partial charge is 0.488 e. The fourth-order valence-corrected chi connectivity index (χ4v) is 2.32. The molecule has 3 aromatic carbocycles. The van der Waals surface area contributed by atoms with Crippen LogP contribution in [0.3, 0.4) is 0 Å². The smallest absolute Gasteiger partial charge is 0.128 e. The second-order valence-corrected chi connectivity index (χ2v) is 5.00. The van der Waals surface area contributed by atoms with Gasteiger partial charge in [-0.25, -0.2) is 0 Å². The zero-order valence-electron chi connectivity index (χ0n) is 12.2. The van der Waals surface area contributed by atoms with Gasteiger partial charge in [0.2, 0.25) is 0 Å². The van der Waals surface area contributed by atoms with Crippen LogP contribution < -0.4 is 4.74 Å². The molecule has 0 atom stereocenters. The van der Waals surface area contributed by atoms with E-state index in [4.69, 9.17) is 11.2 Å². The summed E-state index contributed by atoms with van der Waals surface area (Å²) in [6.07, 6.45) is 5.51. The van der Waals surface area contributed by atoms with E-state index >= 15 is 0 Å². The minimum Gasteiger partial charge on any atom is -0.488 e. The first-order valence-corrected chi connectivity index (χ1v) is 7.19. The maximum Gasteiger partial charge on any atom is 0.128 e. The van der Waals surface area contributed by atoms with Crippen LogP contribution in [0.4, 0.5) is 0 Å². The lowest BCUT2D eigenvalue weighted by molar-refractivity contribution is 0.307. The van der Waals surface area contributed by atoms with Gasteiger partial charge in [0.15, 0.2) is 0 Å². The Bertz CT molecular complexity index is 783. The van der Waals surface area contributed by atoms with Crippen molar-refractivity contribution in [2.45, 2.75) is 6.61 Å². The quantitative estimate of drug-likeness (QED) is 0.618. The Morgan fingerprint density at radius 1 is 0.818 bits per heavy atom. The van der Waals surface area contributed by atoms with E-state index in [9.17, 15) is 0 Å². The molecule has 0 fully saturated rings. The van der Waals surface area contributed by atoms with Crippen molar-refractivity contribution >= 4 is 0 Å². The van der Waals surface area contributed by atoms with Crippen molar-refractivity contribution in [3.05, 3.63) is 90.0 Å². The number of ether oxygens (including phenoxy) is 1. The summed E-state index contributed by atoms with van der Waals surface area (Å²) in [5, 5.41) is 0. The van der Waals surface area contributed by atoms with Crippen molar-refractivity contribution in [1.29, 1.82) is 0 Å². The SMILES string of the molecule is C#Cc1ccc(-c2ccccc2)c(OCc2ccccc2)c1. The van der Waals surface area contributed by atoms with Crippen LogP contribution in [-0.2, 0) is 6.61 Å². The fourth-order valence-electron chi connectivity index (χ4n) is 2.32. The average molecular weight is 284 g/mol. The summed E-state index contributed by atoms with van der Waals surface area (Å²) < 4.78 is 6.02. The van der Waals surface area contributed by atoms with Gasteiger partial charge in [-0.15, -0.1) is 6.42 Å². The van der Waals surface area contributed by atoms with E-state index in [1.807, 2.05) is 66.7 Å². The highest BCUT2D eigenvalue weighted by Gasteiger charge is 2.07. The normalized spacial score (nSPS) is 9.95. The number of hydrogen-bond acceptors (Lipinski definition) is 1. The van der Waals surface area contributed by atoms with Gasteiger partial charge in [0, 0.05) is 11.1 Å².